The van der Waals surface area contributed by atoms with Crippen LogP contribution in [0.25, 0.3) is 0 Å². The second kappa shape index (κ2) is 10.4. The second-order valence-electron chi connectivity index (χ2n) is 8.81. The number of halogens is 2. The van der Waals surface area contributed by atoms with E-state index in [1.807, 2.05) is 18.2 Å². The molecule has 1 atom stereocenters. The zero-order valence-corrected chi connectivity index (χ0v) is 19.4. The van der Waals surface area contributed by atoms with Crippen LogP contribution < -0.4 is 10.1 Å². The molecule has 1 aliphatic carbocycles. The third kappa shape index (κ3) is 5.56. The van der Waals surface area contributed by atoms with Gasteiger partial charge in [-0.3, -0.25) is 0 Å². The summed E-state index contributed by atoms with van der Waals surface area (Å²) in [6, 6.07) is 9.12. The van der Waals surface area contributed by atoms with Crippen molar-refractivity contribution in [3.05, 3.63) is 52.0 Å². The lowest BCUT2D eigenvalue weighted by Gasteiger charge is -2.47. The molecule has 30 heavy (non-hydrogen) atoms. The van der Waals surface area contributed by atoms with Crippen molar-refractivity contribution in [1.82, 2.24) is 5.32 Å². The van der Waals surface area contributed by atoms with Crippen molar-refractivity contribution in [3.8, 4) is 5.75 Å². The Kier molecular flexibility index (Phi) is 8.19. The van der Waals surface area contributed by atoms with Crippen molar-refractivity contribution in [2.24, 2.45) is 5.41 Å². The third-order valence-corrected chi connectivity index (χ3v) is 7.69. The number of rotatable bonds is 8. The van der Waals surface area contributed by atoms with Gasteiger partial charge >= 0.3 is 0 Å². The molecule has 6 heteroatoms. The average Bonchev–Trinajstić information content (AvgIpc) is 3.36. The Hall–Kier alpha value is -1.14. The summed E-state index contributed by atoms with van der Waals surface area (Å²) in [5.41, 5.74) is 1.53. The Morgan fingerprint density at radius 3 is 2.63 bits per heavy atom. The zero-order chi connectivity index (χ0) is 20.2. The fraction of sp³-hybridized carbons (Fsp3) is 0.583. The maximum Gasteiger partial charge on any atom is 0.134 e. The van der Waals surface area contributed by atoms with E-state index in [0.29, 0.717) is 0 Å². The second-order valence-corrected chi connectivity index (χ2v) is 9.81. The first-order valence-corrected chi connectivity index (χ1v) is 11.7. The minimum atomic E-state index is -0.159. The first kappa shape index (κ1) is 23.5. The molecule has 2 heterocycles. The van der Waals surface area contributed by atoms with Crippen LogP contribution in [-0.2, 0) is 17.7 Å². The van der Waals surface area contributed by atoms with Crippen LogP contribution in [0.2, 0.25) is 0 Å². The van der Waals surface area contributed by atoms with Gasteiger partial charge in [-0.05, 0) is 79.6 Å². The first-order chi connectivity index (χ1) is 14.1. The van der Waals surface area contributed by atoms with Crippen LogP contribution in [0.5, 0.6) is 5.75 Å². The van der Waals surface area contributed by atoms with Gasteiger partial charge in [0.15, 0.2) is 0 Å². The zero-order valence-electron chi connectivity index (χ0n) is 17.8. The van der Waals surface area contributed by atoms with Crippen LogP contribution in [0.4, 0.5) is 4.39 Å². The monoisotopic (exact) mass is 453 g/mol. The van der Waals surface area contributed by atoms with Crippen molar-refractivity contribution in [3.63, 3.8) is 0 Å². The van der Waals surface area contributed by atoms with E-state index in [1.54, 1.807) is 30.6 Å². The highest BCUT2D eigenvalue weighted by atomic mass is 35.5. The Bertz CT molecular complexity index is 791. The van der Waals surface area contributed by atoms with Gasteiger partial charge < -0.3 is 14.8 Å². The number of thiophene rings is 1. The maximum atomic E-state index is 13.4. The molecule has 0 amide bonds. The lowest BCUT2D eigenvalue weighted by Crippen LogP contribution is -2.45. The molecule has 4 rings (SSSR count). The van der Waals surface area contributed by atoms with E-state index in [4.69, 9.17) is 9.47 Å². The molecule has 2 fully saturated rings. The van der Waals surface area contributed by atoms with Gasteiger partial charge in [-0.2, -0.15) is 0 Å². The molecule has 3 nitrogen and oxygen atoms in total. The number of ether oxygens (including phenoxy) is 2. The molecule has 2 aromatic rings. The predicted molar refractivity (Wildman–Crippen MR) is 123 cm³/mol. The molecule has 1 saturated carbocycles. The average molecular weight is 454 g/mol. The van der Waals surface area contributed by atoms with E-state index in [1.165, 1.54) is 36.1 Å². The van der Waals surface area contributed by atoms with Gasteiger partial charge in [0, 0.05) is 13.2 Å². The van der Waals surface area contributed by atoms with Gasteiger partial charge in [-0.1, -0.05) is 25.0 Å². The highest BCUT2D eigenvalue weighted by Crippen LogP contribution is 2.50. The van der Waals surface area contributed by atoms with Gasteiger partial charge in [0.1, 0.15) is 11.6 Å². The Morgan fingerprint density at radius 2 is 1.90 bits per heavy atom. The number of methoxy groups -OCH3 is 1. The van der Waals surface area contributed by atoms with Gasteiger partial charge in [0.05, 0.1) is 17.6 Å². The highest BCUT2D eigenvalue weighted by molar-refractivity contribution is 7.10. The summed E-state index contributed by atoms with van der Waals surface area (Å²) in [5, 5.41) is 5.72. The summed E-state index contributed by atoms with van der Waals surface area (Å²) < 4.78 is 25.2. The topological polar surface area (TPSA) is 30.5 Å². The summed E-state index contributed by atoms with van der Waals surface area (Å²) in [5.74, 6) is 0.813. The van der Waals surface area contributed by atoms with Crippen LogP contribution in [0.3, 0.4) is 0 Å². The van der Waals surface area contributed by atoms with Crippen LogP contribution in [0.1, 0.15) is 55.4 Å². The standard InChI is InChI=1S/C24H32FNO2S.ClH/c1-27-21-8-15-29-22(21)17-26-13-11-23(16-19-4-6-20(25)7-5-19)12-14-28-24(18-23)9-2-3-10-24;/h4-8,15,26H,2-3,9-14,16-18H2,1H3;1H. The van der Waals surface area contributed by atoms with Crippen molar-refractivity contribution >= 4 is 23.7 Å². The van der Waals surface area contributed by atoms with Crippen LogP contribution in [-0.4, -0.2) is 25.9 Å². The summed E-state index contributed by atoms with van der Waals surface area (Å²) in [7, 11) is 1.73. The normalized spacial score (nSPS) is 22.7. The van der Waals surface area contributed by atoms with Gasteiger partial charge in [0.25, 0.3) is 0 Å². The van der Waals surface area contributed by atoms with Gasteiger partial charge in [0.2, 0.25) is 0 Å². The summed E-state index contributed by atoms with van der Waals surface area (Å²) in [4.78, 5) is 1.25. The molecule has 0 radical (unpaired) electrons. The quantitative estimate of drug-likeness (QED) is 0.486. The van der Waals surface area contributed by atoms with Crippen LogP contribution >= 0.6 is 23.7 Å². The Balaban J connectivity index is 0.00000256. The molecule has 0 bridgehead atoms. The van der Waals surface area contributed by atoms with Crippen LogP contribution in [0.15, 0.2) is 35.7 Å². The molecule has 1 N–H and O–H groups in total. The molecule has 1 spiro atoms. The minimum absolute atomic E-state index is 0. The molecule has 1 aliphatic heterocycles. The van der Waals surface area contributed by atoms with E-state index in [9.17, 15) is 4.39 Å². The molecule has 2 aliphatic rings. The minimum Gasteiger partial charge on any atom is -0.496 e. The number of benzene rings is 1. The first-order valence-electron chi connectivity index (χ1n) is 10.8. The largest absolute Gasteiger partial charge is 0.496 e. The summed E-state index contributed by atoms with van der Waals surface area (Å²) in [6.45, 7) is 2.66. The molecule has 166 valence electrons. The third-order valence-electron chi connectivity index (χ3n) is 6.79. The fourth-order valence-corrected chi connectivity index (χ4v) is 6.14. The lowest BCUT2D eigenvalue weighted by atomic mass is 9.67. The van der Waals surface area contributed by atoms with Gasteiger partial charge in [-0.15, -0.1) is 23.7 Å². The van der Waals surface area contributed by atoms with E-state index >= 15 is 0 Å². The summed E-state index contributed by atoms with van der Waals surface area (Å²) >= 11 is 1.74. The Labute approximate surface area is 189 Å². The number of hydrogen-bond acceptors (Lipinski definition) is 4. The number of hydrogen-bond donors (Lipinski definition) is 1. The molecular weight excluding hydrogens is 421 g/mol. The van der Waals surface area contributed by atoms with Gasteiger partial charge in [-0.25, -0.2) is 4.39 Å². The smallest absolute Gasteiger partial charge is 0.134 e. The summed E-state index contributed by atoms with van der Waals surface area (Å²) in [6.07, 6.45) is 9.27. The van der Waals surface area contributed by atoms with Crippen molar-refractivity contribution in [2.45, 2.75) is 63.5 Å². The number of nitrogens with one attached hydrogen (secondary N) is 1. The molecule has 1 aromatic carbocycles. The molecule has 1 saturated heterocycles. The SMILES string of the molecule is COc1ccsc1CNCCC1(Cc2ccc(F)cc2)CCOC2(CCCC2)C1.Cl. The lowest BCUT2D eigenvalue weighted by molar-refractivity contribution is -0.124. The molecule has 1 aromatic heterocycles. The van der Waals surface area contributed by atoms with E-state index in [0.717, 1.165) is 51.1 Å². The van der Waals surface area contributed by atoms with Crippen molar-refractivity contribution < 1.29 is 13.9 Å². The Morgan fingerprint density at radius 1 is 1.13 bits per heavy atom. The van der Waals surface area contributed by atoms with Crippen LogP contribution in [0, 0.1) is 11.2 Å². The van der Waals surface area contributed by atoms with E-state index < -0.39 is 0 Å². The van der Waals surface area contributed by atoms with E-state index in [-0.39, 0.29) is 29.2 Å². The fourth-order valence-electron chi connectivity index (χ4n) is 5.33. The molecule has 1 unspecified atom stereocenters. The predicted octanol–water partition coefficient (Wildman–Crippen LogP) is 6.15. The van der Waals surface area contributed by atoms with Crippen molar-refractivity contribution in [1.29, 1.82) is 0 Å². The highest BCUT2D eigenvalue weighted by Gasteiger charge is 2.46. The van der Waals surface area contributed by atoms with E-state index in [2.05, 4.69) is 10.7 Å². The molecular formula is C24H33ClFNO2S. The maximum absolute atomic E-state index is 13.4. The van der Waals surface area contributed by atoms with Crippen molar-refractivity contribution in [2.75, 3.05) is 20.3 Å².